The topological polar surface area (TPSA) is 54.9 Å². The van der Waals surface area contributed by atoms with Gasteiger partial charge in [0.05, 0.1) is 0 Å². The number of hydrogen-bond donors (Lipinski definition) is 1. The summed E-state index contributed by atoms with van der Waals surface area (Å²) in [7, 11) is 0. The normalized spacial score (nSPS) is 12.1. The van der Waals surface area contributed by atoms with Crippen LogP contribution in [0.25, 0.3) is 10.2 Å². The lowest BCUT2D eigenvalue weighted by molar-refractivity contribution is -0.115. The van der Waals surface area contributed by atoms with E-state index in [-0.39, 0.29) is 5.91 Å². The van der Waals surface area contributed by atoms with Gasteiger partial charge >= 0.3 is 0 Å². The average molecular weight is 406 g/mol. The molecular formula is C22H19N3OS2. The molecule has 0 saturated carbocycles. The fourth-order valence-electron chi connectivity index (χ4n) is 2.94. The Morgan fingerprint density at radius 3 is 2.71 bits per heavy atom. The van der Waals surface area contributed by atoms with Gasteiger partial charge in [0, 0.05) is 11.1 Å². The summed E-state index contributed by atoms with van der Waals surface area (Å²) in [4.78, 5) is 23.0. The zero-order chi connectivity index (χ0) is 19.5. The van der Waals surface area contributed by atoms with Gasteiger partial charge in [0.25, 0.3) is 0 Å². The summed E-state index contributed by atoms with van der Waals surface area (Å²) in [6, 6.07) is 17.9. The molecule has 0 saturated heterocycles. The number of nitrogens with zero attached hydrogens (tertiary/aromatic N) is 2. The maximum Gasteiger partial charge on any atom is 0.242 e. The van der Waals surface area contributed by atoms with Crippen LogP contribution >= 0.6 is 23.1 Å². The molecule has 0 aliphatic rings. The van der Waals surface area contributed by atoms with E-state index in [4.69, 9.17) is 0 Å². The minimum absolute atomic E-state index is 0.0631. The summed E-state index contributed by atoms with van der Waals surface area (Å²) in [6.45, 7) is 4.02. The Balaban J connectivity index is 1.69. The van der Waals surface area contributed by atoms with Crippen LogP contribution in [-0.4, -0.2) is 15.9 Å². The van der Waals surface area contributed by atoms with E-state index in [1.807, 2.05) is 73.8 Å². The maximum absolute atomic E-state index is 13.3. The Bertz CT molecular complexity index is 1130. The number of thioether (sulfide) groups is 1. The van der Waals surface area contributed by atoms with Crippen molar-refractivity contribution in [1.29, 1.82) is 0 Å². The molecule has 4 aromatic rings. The monoisotopic (exact) mass is 405 g/mol. The lowest BCUT2D eigenvalue weighted by Crippen LogP contribution is -2.19. The van der Waals surface area contributed by atoms with Crippen molar-refractivity contribution >= 4 is 44.9 Å². The molecule has 4 rings (SSSR count). The molecule has 1 N–H and O–H groups in total. The molecule has 0 bridgehead atoms. The third kappa shape index (κ3) is 3.93. The molecule has 1 atom stereocenters. The van der Waals surface area contributed by atoms with Crippen molar-refractivity contribution in [3.05, 3.63) is 83.0 Å². The second-order valence-corrected chi connectivity index (χ2v) is 8.52. The number of fused-ring (bicyclic) bond motifs is 1. The van der Waals surface area contributed by atoms with Crippen LogP contribution in [0.15, 0.2) is 71.3 Å². The predicted molar refractivity (Wildman–Crippen MR) is 117 cm³/mol. The Morgan fingerprint density at radius 2 is 1.89 bits per heavy atom. The molecular weight excluding hydrogens is 386 g/mol. The van der Waals surface area contributed by atoms with Crippen molar-refractivity contribution in [3.8, 4) is 0 Å². The van der Waals surface area contributed by atoms with E-state index >= 15 is 0 Å². The minimum atomic E-state index is -0.417. The van der Waals surface area contributed by atoms with Crippen LogP contribution in [0.3, 0.4) is 0 Å². The molecule has 0 spiro atoms. The van der Waals surface area contributed by atoms with Crippen LogP contribution in [0.2, 0.25) is 0 Å². The van der Waals surface area contributed by atoms with Crippen molar-refractivity contribution in [2.24, 2.45) is 0 Å². The number of rotatable bonds is 5. The SMILES string of the molecule is Cc1ccc(C)c(NC(=O)[C@H](Sc2ncnc3sccc23)c2ccccc2)c1. The third-order valence-corrected chi connectivity index (χ3v) is 6.54. The van der Waals surface area contributed by atoms with E-state index in [1.54, 1.807) is 17.7 Å². The van der Waals surface area contributed by atoms with Gasteiger partial charge in [-0.25, -0.2) is 9.97 Å². The Labute approximate surface area is 172 Å². The molecule has 1 amide bonds. The number of carbonyl (C=O) groups excluding carboxylic acids is 1. The first-order valence-electron chi connectivity index (χ1n) is 8.90. The summed E-state index contributed by atoms with van der Waals surface area (Å²) >= 11 is 3.03. The number of aromatic nitrogens is 2. The van der Waals surface area contributed by atoms with Gasteiger partial charge in [0.15, 0.2) is 0 Å². The van der Waals surface area contributed by atoms with E-state index in [0.717, 1.165) is 37.6 Å². The van der Waals surface area contributed by atoms with Crippen LogP contribution in [-0.2, 0) is 4.79 Å². The molecule has 2 aromatic heterocycles. The van der Waals surface area contributed by atoms with Crippen LogP contribution < -0.4 is 5.32 Å². The highest BCUT2D eigenvalue weighted by Gasteiger charge is 2.24. The fraction of sp³-hybridized carbons (Fsp3) is 0.136. The zero-order valence-electron chi connectivity index (χ0n) is 15.5. The number of amides is 1. The molecule has 0 aliphatic carbocycles. The van der Waals surface area contributed by atoms with Crippen molar-refractivity contribution in [1.82, 2.24) is 9.97 Å². The lowest BCUT2D eigenvalue weighted by atomic mass is 10.1. The second-order valence-electron chi connectivity index (χ2n) is 6.53. The fourth-order valence-corrected chi connectivity index (χ4v) is 4.82. The number of hydrogen-bond acceptors (Lipinski definition) is 5. The first-order chi connectivity index (χ1) is 13.6. The summed E-state index contributed by atoms with van der Waals surface area (Å²) in [5, 5.41) is 6.49. The molecule has 2 aromatic carbocycles. The molecule has 2 heterocycles. The molecule has 0 unspecified atom stereocenters. The van der Waals surface area contributed by atoms with Crippen molar-refractivity contribution in [3.63, 3.8) is 0 Å². The molecule has 0 aliphatic heterocycles. The Morgan fingerprint density at radius 1 is 1.07 bits per heavy atom. The third-order valence-electron chi connectivity index (χ3n) is 4.45. The van der Waals surface area contributed by atoms with E-state index in [0.29, 0.717) is 0 Å². The van der Waals surface area contributed by atoms with Crippen molar-refractivity contribution < 1.29 is 4.79 Å². The molecule has 0 fully saturated rings. The molecule has 6 heteroatoms. The molecule has 140 valence electrons. The number of benzene rings is 2. The quantitative estimate of drug-likeness (QED) is 0.338. The molecule has 28 heavy (non-hydrogen) atoms. The highest BCUT2D eigenvalue weighted by molar-refractivity contribution is 8.00. The molecule has 4 nitrogen and oxygen atoms in total. The minimum Gasteiger partial charge on any atom is -0.325 e. The Hall–Kier alpha value is -2.70. The summed E-state index contributed by atoms with van der Waals surface area (Å²) in [5.74, 6) is -0.0631. The highest BCUT2D eigenvalue weighted by atomic mass is 32.2. The van der Waals surface area contributed by atoms with Gasteiger partial charge in [-0.3, -0.25) is 4.79 Å². The van der Waals surface area contributed by atoms with Gasteiger partial charge in [-0.15, -0.1) is 11.3 Å². The van der Waals surface area contributed by atoms with Crippen molar-refractivity contribution in [2.75, 3.05) is 5.32 Å². The standard InChI is InChI=1S/C22H19N3OS2/c1-14-8-9-15(2)18(12-14)25-20(26)19(16-6-4-3-5-7-16)28-22-17-10-11-27-21(17)23-13-24-22/h3-13,19H,1-2H3,(H,25,26)/t19-/m1/s1. The zero-order valence-corrected chi connectivity index (χ0v) is 17.2. The smallest absolute Gasteiger partial charge is 0.242 e. The van der Waals surface area contributed by atoms with Gasteiger partial charge < -0.3 is 5.32 Å². The van der Waals surface area contributed by atoms with Crippen molar-refractivity contribution in [2.45, 2.75) is 24.1 Å². The van der Waals surface area contributed by atoms with E-state index in [2.05, 4.69) is 15.3 Å². The summed E-state index contributed by atoms with van der Waals surface area (Å²) in [5.41, 5.74) is 3.94. The van der Waals surface area contributed by atoms with Gasteiger partial charge in [0.1, 0.15) is 21.4 Å². The number of anilines is 1. The predicted octanol–water partition coefficient (Wildman–Crippen LogP) is 5.78. The number of aryl methyl sites for hydroxylation is 2. The first kappa shape index (κ1) is 18.7. The van der Waals surface area contributed by atoms with Crippen LogP contribution in [0.5, 0.6) is 0 Å². The number of carbonyl (C=O) groups is 1. The Kier molecular flexibility index (Phi) is 5.41. The van der Waals surface area contributed by atoms with Crippen LogP contribution in [0.4, 0.5) is 5.69 Å². The largest absolute Gasteiger partial charge is 0.325 e. The maximum atomic E-state index is 13.3. The summed E-state index contributed by atoms with van der Waals surface area (Å²) in [6.07, 6.45) is 1.56. The van der Waals surface area contributed by atoms with E-state index < -0.39 is 5.25 Å². The van der Waals surface area contributed by atoms with Crippen LogP contribution in [0, 0.1) is 13.8 Å². The molecule has 0 radical (unpaired) electrons. The summed E-state index contributed by atoms with van der Waals surface area (Å²) < 4.78 is 0. The van der Waals surface area contributed by atoms with Gasteiger partial charge in [-0.2, -0.15) is 0 Å². The van der Waals surface area contributed by atoms with E-state index in [9.17, 15) is 4.79 Å². The average Bonchev–Trinajstić information content (AvgIpc) is 3.19. The number of thiophene rings is 1. The van der Waals surface area contributed by atoms with Gasteiger partial charge in [0.2, 0.25) is 5.91 Å². The van der Waals surface area contributed by atoms with Gasteiger partial charge in [-0.05, 0) is 48.1 Å². The van der Waals surface area contributed by atoms with Gasteiger partial charge in [-0.1, -0.05) is 54.2 Å². The number of nitrogens with one attached hydrogen (secondary N) is 1. The first-order valence-corrected chi connectivity index (χ1v) is 10.7. The second kappa shape index (κ2) is 8.12. The lowest BCUT2D eigenvalue weighted by Gasteiger charge is -2.18. The van der Waals surface area contributed by atoms with Crippen LogP contribution in [0.1, 0.15) is 21.9 Å². The van der Waals surface area contributed by atoms with E-state index in [1.165, 1.54) is 11.8 Å². The highest BCUT2D eigenvalue weighted by Crippen LogP contribution is 2.39.